The van der Waals surface area contributed by atoms with Gasteiger partial charge >= 0.3 is 0 Å². The second-order valence-electron chi connectivity index (χ2n) is 3.11. The minimum atomic E-state index is 0.863. The smallest absolute Gasteiger partial charge is 0.0356 e. The van der Waals surface area contributed by atoms with Crippen molar-refractivity contribution >= 4 is 16.9 Å². The molecule has 2 rings (SSSR count). The highest BCUT2D eigenvalue weighted by Gasteiger charge is 1.92. The fraction of sp³-hybridized carbons (Fsp3) is 0. The van der Waals surface area contributed by atoms with Crippen molar-refractivity contribution in [3.8, 4) is 11.8 Å². The third-order valence-corrected chi connectivity index (χ3v) is 2.68. The largest absolute Gasteiger partial charge is 0.151 e. The van der Waals surface area contributed by atoms with Crippen LogP contribution in [0.25, 0.3) is 5.57 Å². The molecule has 0 spiro atoms. The third-order valence-electron chi connectivity index (χ3n) is 2.00. The highest BCUT2D eigenvalue weighted by atomic mass is 32.1. The van der Waals surface area contributed by atoms with E-state index in [-0.39, 0.29) is 0 Å². The summed E-state index contributed by atoms with van der Waals surface area (Å²) >= 11 is 1.65. The van der Waals surface area contributed by atoms with Crippen LogP contribution in [-0.2, 0) is 0 Å². The maximum Gasteiger partial charge on any atom is 0.0356 e. The Kier molecular flexibility index (Phi) is 3.02. The molecule has 15 heavy (non-hydrogen) atoms. The Balaban J connectivity index is 2.17. The van der Waals surface area contributed by atoms with Crippen molar-refractivity contribution in [2.24, 2.45) is 0 Å². The van der Waals surface area contributed by atoms with Gasteiger partial charge in [0, 0.05) is 16.5 Å². The lowest BCUT2D eigenvalue weighted by Crippen LogP contribution is -1.77. The van der Waals surface area contributed by atoms with Gasteiger partial charge in [0.1, 0.15) is 0 Å². The van der Waals surface area contributed by atoms with Crippen LogP contribution in [-0.4, -0.2) is 0 Å². The molecule has 0 bridgehead atoms. The van der Waals surface area contributed by atoms with Gasteiger partial charge in [-0.15, -0.1) is 0 Å². The van der Waals surface area contributed by atoms with E-state index in [1.165, 1.54) is 0 Å². The van der Waals surface area contributed by atoms with E-state index in [2.05, 4.69) is 18.4 Å². The van der Waals surface area contributed by atoms with E-state index in [1.54, 1.807) is 11.3 Å². The molecule has 0 saturated carbocycles. The Labute approximate surface area is 93.9 Å². The van der Waals surface area contributed by atoms with Crippen LogP contribution < -0.4 is 0 Å². The van der Waals surface area contributed by atoms with E-state index >= 15 is 0 Å². The SMILES string of the molecule is C=C(C#Cc1ccsc1)c1ccccc1. The van der Waals surface area contributed by atoms with Gasteiger partial charge in [-0.3, -0.25) is 0 Å². The van der Waals surface area contributed by atoms with Crippen molar-refractivity contribution in [2.75, 3.05) is 0 Å². The lowest BCUT2D eigenvalue weighted by Gasteiger charge is -1.95. The standard InChI is InChI=1S/C14H10S/c1-12(14-5-3-2-4-6-14)7-8-13-9-10-15-11-13/h2-6,9-11H,1H2. The molecule has 72 valence electrons. The van der Waals surface area contributed by atoms with E-state index in [0.717, 1.165) is 16.7 Å². The minimum Gasteiger partial charge on any atom is -0.151 e. The van der Waals surface area contributed by atoms with Gasteiger partial charge in [0.05, 0.1) is 0 Å². The fourth-order valence-electron chi connectivity index (χ4n) is 1.19. The Morgan fingerprint density at radius 2 is 1.93 bits per heavy atom. The van der Waals surface area contributed by atoms with Crippen LogP contribution in [0.15, 0.2) is 53.7 Å². The van der Waals surface area contributed by atoms with Crippen molar-refractivity contribution in [3.63, 3.8) is 0 Å². The van der Waals surface area contributed by atoms with Gasteiger partial charge in [-0.1, -0.05) is 48.8 Å². The molecular weight excluding hydrogens is 200 g/mol. The first-order chi connectivity index (χ1) is 7.36. The molecule has 1 aromatic heterocycles. The summed E-state index contributed by atoms with van der Waals surface area (Å²) in [7, 11) is 0. The first-order valence-corrected chi connectivity index (χ1v) is 5.59. The van der Waals surface area contributed by atoms with Crippen LogP contribution >= 0.6 is 11.3 Å². The molecule has 0 aliphatic rings. The molecule has 0 N–H and O–H groups in total. The van der Waals surface area contributed by atoms with Crippen LogP contribution in [0.5, 0.6) is 0 Å². The van der Waals surface area contributed by atoms with Gasteiger partial charge < -0.3 is 0 Å². The number of benzene rings is 1. The first kappa shape index (κ1) is 9.76. The summed E-state index contributed by atoms with van der Waals surface area (Å²) < 4.78 is 0. The molecule has 0 nitrogen and oxygen atoms in total. The van der Waals surface area contributed by atoms with E-state index < -0.39 is 0 Å². The van der Waals surface area contributed by atoms with Crippen LogP contribution in [0.3, 0.4) is 0 Å². The summed E-state index contributed by atoms with van der Waals surface area (Å²) in [6.45, 7) is 3.95. The van der Waals surface area contributed by atoms with Gasteiger partial charge in [-0.2, -0.15) is 11.3 Å². The van der Waals surface area contributed by atoms with Crippen LogP contribution in [0.2, 0.25) is 0 Å². The molecule has 0 aliphatic carbocycles. The predicted octanol–water partition coefficient (Wildman–Crippen LogP) is 3.81. The molecule has 0 fully saturated rings. The molecule has 1 heteroatoms. The normalized spacial score (nSPS) is 9.07. The molecule has 1 heterocycles. The average Bonchev–Trinajstić information content (AvgIpc) is 2.80. The van der Waals surface area contributed by atoms with Gasteiger partial charge in [0.2, 0.25) is 0 Å². The Morgan fingerprint density at radius 3 is 2.60 bits per heavy atom. The summed E-state index contributed by atoms with van der Waals surface area (Å²) in [6, 6.07) is 12.0. The van der Waals surface area contributed by atoms with E-state index in [1.807, 2.05) is 47.2 Å². The first-order valence-electron chi connectivity index (χ1n) is 4.65. The Morgan fingerprint density at radius 1 is 1.13 bits per heavy atom. The molecule has 0 unspecified atom stereocenters. The van der Waals surface area contributed by atoms with Crippen molar-refractivity contribution in [2.45, 2.75) is 0 Å². The number of allylic oxidation sites excluding steroid dienone is 1. The number of hydrogen-bond acceptors (Lipinski definition) is 1. The fourth-order valence-corrected chi connectivity index (χ4v) is 1.78. The minimum absolute atomic E-state index is 0.863. The average molecular weight is 210 g/mol. The highest BCUT2D eigenvalue weighted by molar-refractivity contribution is 7.08. The number of rotatable bonds is 1. The maximum absolute atomic E-state index is 3.95. The predicted molar refractivity (Wildman–Crippen MR) is 66.7 cm³/mol. The zero-order chi connectivity index (χ0) is 10.5. The van der Waals surface area contributed by atoms with Crippen molar-refractivity contribution in [3.05, 3.63) is 64.9 Å². The van der Waals surface area contributed by atoms with E-state index in [0.29, 0.717) is 0 Å². The van der Waals surface area contributed by atoms with Gasteiger partial charge in [0.25, 0.3) is 0 Å². The lowest BCUT2D eigenvalue weighted by atomic mass is 10.1. The van der Waals surface area contributed by atoms with Gasteiger partial charge in [-0.05, 0) is 17.0 Å². The van der Waals surface area contributed by atoms with E-state index in [4.69, 9.17) is 0 Å². The van der Waals surface area contributed by atoms with Crippen LogP contribution in [0, 0.1) is 11.8 Å². The van der Waals surface area contributed by atoms with Crippen LogP contribution in [0.4, 0.5) is 0 Å². The monoisotopic (exact) mass is 210 g/mol. The van der Waals surface area contributed by atoms with Crippen molar-refractivity contribution < 1.29 is 0 Å². The summed E-state index contributed by atoms with van der Waals surface area (Å²) in [4.78, 5) is 0. The maximum atomic E-state index is 3.95. The Hall–Kier alpha value is -1.78. The molecule has 0 atom stereocenters. The van der Waals surface area contributed by atoms with Crippen molar-refractivity contribution in [1.82, 2.24) is 0 Å². The van der Waals surface area contributed by atoms with Gasteiger partial charge in [-0.25, -0.2) is 0 Å². The zero-order valence-corrected chi connectivity index (χ0v) is 9.05. The molecule has 0 saturated heterocycles. The summed E-state index contributed by atoms with van der Waals surface area (Å²) in [5, 5.41) is 4.06. The number of hydrogen-bond donors (Lipinski definition) is 0. The van der Waals surface area contributed by atoms with Gasteiger partial charge in [0.15, 0.2) is 0 Å². The molecule has 2 aromatic rings. The molecule has 0 amide bonds. The molecular formula is C14H10S. The quantitative estimate of drug-likeness (QED) is 0.628. The number of thiophene rings is 1. The molecule has 0 radical (unpaired) electrons. The van der Waals surface area contributed by atoms with Crippen molar-refractivity contribution in [1.29, 1.82) is 0 Å². The van der Waals surface area contributed by atoms with E-state index in [9.17, 15) is 0 Å². The summed E-state index contributed by atoms with van der Waals surface area (Å²) in [6.07, 6.45) is 0. The third kappa shape index (κ3) is 2.59. The highest BCUT2D eigenvalue weighted by Crippen LogP contribution is 2.11. The molecule has 1 aromatic carbocycles. The topological polar surface area (TPSA) is 0 Å². The second kappa shape index (κ2) is 4.63. The van der Waals surface area contributed by atoms with Crippen LogP contribution in [0.1, 0.15) is 11.1 Å². The Bertz CT molecular complexity index is 495. The zero-order valence-electron chi connectivity index (χ0n) is 8.23. The summed E-state index contributed by atoms with van der Waals surface area (Å²) in [5.41, 5.74) is 3.00. The summed E-state index contributed by atoms with van der Waals surface area (Å²) in [5.74, 6) is 6.15. The second-order valence-corrected chi connectivity index (χ2v) is 3.89. The lowest BCUT2D eigenvalue weighted by molar-refractivity contribution is 1.64. The molecule has 0 aliphatic heterocycles.